The molecule has 0 saturated carbocycles. The molecule has 26 heavy (non-hydrogen) atoms. The number of nitrogens with one attached hydrogen (secondary N) is 1. The van der Waals surface area contributed by atoms with Crippen LogP contribution in [0.1, 0.15) is 17.7 Å². The smallest absolute Gasteiger partial charge is 0.223 e. The van der Waals surface area contributed by atoms with Crippen LogP contribution in [0.4, 0.5) is 0 Å². The molecule has 0 unspecified atom stereocenters. The van der Waals surface area contributed by atoms with Crippen LogP contribution in [0.2, 0.25) is 0 Å². The lowest BCUT2D eigenvalue weighted by molar-refractivity contribution is -0.132. The number of carbonyl (C=O) groups excluding carboxylic acids is 1. The van der Waals surface area contributed by atoms with E-state index in [2.05, 4.69) is 34.5 Å². The van der Waals surface area contributed by atoms with Crippen LogP contribution in [0, 0.1) is 0 Å². The topological polar surface area (TPSA) is 48.7 Å². The summed E-state index contributed by atoms with van der Waals surface area (Å²) in [7, 11) is 0. The lowest BCUT2D eigenvalue weighted by atomic mass is 10.2. The van der Waals surface area contributed by atoms with Crippen molar-refractivity contribution in [3.63, 3.8) is 0 Å². The first-order chi connectivity index (χ1) is 12.8. The predicted octanol–water partition coefficient (Wildman–Crippen LogP) is 2.62. The lowest BCUT2D eigenvalue weighted by Crippen LogP contribution is -2.49. The van der Waals surface area contributed by atoms with Crippen molar-refractivity contribution in [3.05, 3.63) is 66.1 Å². The molecule has 5 nitrogen and oxygen atoms in total. The van der Waals surface area contributed by atoms with Gasteiger partial charge in [-0.05, 0) is 17.7 Å². The molecule has 0 atom stereocenters. The average Bonchev–Trinajstić information content (AvgIpc) is 3.20. The highest BCUT2D eigenvalue weighted by Gasteiger charge is 2.19. The molecule has 0 spiro atoms. The van der Waals surface area contributed by atoms with E-state index in [1.165, 1.54) is 5.56 Å². The second-order valence-corrected chi connectivity index (χ2v) is 6.50. The molecule has 0 aliphatic carbocycles. The van der Waals surface area contributed by atoms with Gasteiger partial charge in [-0.2, -0.15) is 0 Å². The second kappa shape index (κ2) is 9.94. The van der Waals surface area contributed by atoms with Gasteiger partial charge in [-0.15, -0.1) is 0 Å². The fraction of sp³-hybridized carbons (Fsp3) is 0.381. The van der Waals surface area contributed by atoms with Gasteiger partial charge in [0, 0.05) is 45.7 Å². The average molecular weight is 353 g/mol. The summed E-state index contributed by atoms with van der Waals surface area (Å²) in [5.74, 6) is 1.13. The Hall–Kier alpha value is -2.37. The van der Waals surface area contributed by atoms with Crippen LogP contribution < -0.4 is 5.32 Å². The standard InChI is InChI=1S/C21H27N3O2/c25-21(10-11-22-18-20-9-5-17-26-20)24-15-13-23(14-16-24)12-4-8-19-6-2-1-3-7-19/h1-9,17,22H,10-16,18H2/b8-4+. The van der Waals surface area contributed by atoms with Crippen LogP contribution in [0.3, 0.4) is 0 Å². The monoisotopic (exact) mass is 353 g/mol. The Kier molecular flexibility index (Phi) is 7.05. The molecule has 0 radical (unpaired) electrons. The lowest BCUT2D eigenvalue weighted by Gasteiger charge is -2.34. The summed E-state index contributed by atoms with van der Waals surface area (Å²) in [5.41, 5.74) is 1.23. The number of amides is 1. The molecule has 1 N–H and O–H groups in total. The van der Waals surface area contributed by atoms with Crippen molar-refractivity contribution in [1.29, 1.82) is 0 Å². The Bertz CT molecular complexity index is 675. The highest BCUT2D eigenvalue weighted by Crippen LogP contribution is 2.06. The molecule has 1 aliphatic rings. The van der Waals surface area contributed by atoms with Gasteiger partial charge in [0.05, 0.1) is 12.8 Å². The maximum absolute atomic E-state index is 12.3. The molecule has 3 rings (SSSR count). The Balaban J connectivity index is 1.30. The fourth-order valence-electron chi connectivity index (χ4n) is 3.06. The number of piperazine rings is 1. The zero-order valence-electron chi connectivity index (χ0n) is 15.1. The van der Waals surface area contributed by atoms with Crippen molar-refractivity contribution in [3.8, 4) is 0 Å². The maximum Gasteiger partial charge on any atom is 0.223 e. The van der Waals surface area contributed by atoms with Crippen molar-refractivity contribution >= 4 is 12.0 Å². The van der Waals surface area contributed by atoms with Gasteiger partial charge in [0.2, 0.25) is 5.91 Å². The Morgan fingerprint density at radius 2 is 1.88 bits per heavy atom. The van der Waals surface area contributed by atoms with Gasteiger partial charge >= 0.3 is 0 Å². The molecule has 1 aliphatic heterocycles. The van der Waals surface area contributed by atoms with E-state index in [4.69, 9.17) is 4.42 Å². The first kappa shape index (κ1) is 18.4. The molecule has 138 valence electrons. The third-order valence-electron chi connectivity index (χ3n) is 4.59. The van der Waals surface area contributed by atoms with Gasteiger partial charge < -0.3 is 14.6 Å². The summed E-state index contributed by atoms with van der Waals surface area (Å²) in [6, 6.07) is 14.1. The summed E-state index contributed by atoms with van der Waals surface area (Å²) in [6.07, 6.45) is 6.55. The fourth-order valence-corrected chi connectivity index (χ4v) is 3.06. The molecular weight excluding hydrogens is 326 g/mol. The van der Waals surface area contributed by atoms with Crippen LogP contribution in [-0.2, 0) is 11.3 Å². The number of nitrogens with zero attached hydrogens (tertiary/aromatic N) is 2. The summed E-state index contributed by atoms with van der Waals surface area (Å²) in [5, 5.41) is 3.25. The molecule has 2 aromatic rings. The van der Waals surface area contributed by atoms with Crippen LogP contribution in [0.5, 0.6) is 0 Å². The van der Waals surface area contributed by atoms with E-state index in [1.807, 2.05) is 35.2 Å². The first-order valence-corrected chi connectivity index (χ1v) is 9.26. The molecule has 0 bridgehead atoms. The number of hydrogen-bond acceptors (Lipinski definition) is 4. The SMILES string of the molecule is O=C(CCNCc1ccco1)N1CCN(C/C=C/c2ccccc2)CC1. The third-order valence-corrected chi connectivity index (χ3v) is 4.59. The van der Waals surface area contributed by atoms with E-state index in [1.54, 1.807) is 6.26 Å². The van der Waals surface area contributed by atoms with Gasteiger partial charge in [0.1, 0.15) is 5.76 Å². The zero-order valence-corrected chi connectivity index (χ0v) is 15.1. The number of benzene rings is 1. The minimum absolute atomic E-state index is 0.233. The van der Waals surface area contributed by atoms with E-state index in [-0.39, 0.29) is 5.91 Å². The highest BCUT2D eigenvalue weighted by molar-refractivity contribution is 5.76. The number of hydrogen-bond donors (Lipinski definition) is 1. The molecule has 1 fully saturated rings. The Labute approximate surface area is 155 Å². The van der Waals surface area contributed by atoms with E-state index in [0.717, 1.165) is 38.5 Å². The van der Waals surface area contributed by atoms with Crippen molar-refractivity contribution < 1.29 is 9.21 Å². The van der Waals surface area contributed by atoms with Crippen LogP contribution in [0.15, 0.2) is 59.2 Å². The quantitative estimate of drug-likeness (QED) is 0.741. The normalized spacial score (nSPS) is 15.6. The molecule has 2 heterocycles. The minimum Gasteiger partial charge on any atom is -0.468 e. The summed E-state index contributed by atoms with van der Waals surface area (Å²) in [4.78, 5) is 16.7. The first-order valence-electron chi connectivity index (χ1n) is 9.26. The summed E-state index contributed by atoms with van der Waals surface area (Å²) >= 11 is 0. The van der Waals surface area contributed by atoms with Gasteiger partial charge in [0.15, 0.2) is 0 Å². The minimum atomic E-state index is 0.233. The number of furan rings is 1. The molecule has 5 heteroatoms. The van der Waals surface area contributed by atoms with Crippen LogP contribution in [-0.4, -0.2) is 55.0 Å². The highest BCUT2D eigenvalue weighted by atomic mass is 16.3. The summed E-state index contributed by atoms with van der Waals surface area (Å²) in [6.45, 7) is 5.78. The van der Waals surface area contributed by atoms with E-state index in [9.17, 15) is 4.79 Å². The van der Waals surface area contributed by atoms with Gasteiger partial charge in [0.25, 0.3) is 0 Å². The number of carbonyl (C=O) groups is 1. The largest absolute Gasteiger partial charge is 0.468 e. The van der Waals surface area contributed by atoms with E-state index in [0.29, 0.717) is 19.5 Å². The predicted molar refractivity (Wildman–Crippen MR) is 104 cm³/mol. The van der Waals surface area contributed by atoms with Crippen LogP contribution >= 0.6 is 0 Å². The zero-order chi connectivity index (χ0) is 18.0. The molecule has 1 saturated heterocycles. The van der Waals surface area contributed by atoms with Crippen molar-refractivity contribution in [2.75, 3.05) is 39.3 Å². The van der Waals surface area contributed by atoms with E-state index >= 15 is 0 Å². The Morgan fingerprint density at radius 1 is 1.08 bits per heavy atom. The van der Waals surface area contributed by atoms with Gasteiger partial charge in [-0.1, -0.05) is 42.5 Å². The van der Waals surface area contributed by atoms with Gasteiger partial charge in [-0.25, -0.2) is 0 Å². The van der Waals surface area contributed by atoms with Gasteiger partial charge in [-0.3, -0.25) is 9.69 Å². The molecule has 1 aromatic heterocycles. The number of rotatable bonds is 8. The van der Waals surface area contributed by atoms with E-state index < -0.39 is 0 Å². The molecule has 1 aromatic carbocycles. The van der Waals surface area contributed by atoms with Crippen LogP contribution in [0.25, 0.3) is 6.08 Å². The maximum atomic E-state index is 12.3. The third kappa shape index (κ3) is 5.86. The second-order valence-electron chi connectivity index (χ2n) is 6.50. The summed E-state index contributed by atoms with van der Waals surface area (Å²) < 4.78 is 5.26. The molecule has 1 amide bonds. The Morgan fingerprint density at radius 3 is 2.62 bits per heavy atom. The van der Waals surface area contributed by atoms with Crippen molar-refractivity contribution in [2.24, 2.45) is 0 Å². The van der Waals surface area contributed by atoms with Crippen molar-refractivity contribution in [2.45, 2.75) is 13.0 Å². The molecular formula is C21H27N3O2. The van der Waals surface area contributed by atoms with Crippen molar-refractivity contribution in [1.82, 2.24) is 15.1 Å².